The Bertz CT molecular complexity index is 87.0. The van der Waals surface area contributed by atoms with Crippen LogP contribution in [0.3, 0.4) is 0 Å². The number of rotatable bonds is 2. The molecular formula is C5H12ClNO2. The molecule has 0 amide bonds. The molecule has 0 aromatic heterocycles. The Morgan fingerprint density at radius 2 is 2.11 bits per heavy atom. The molecule has 4 heteroatoms. The Balaban J connectivity index is 0. The zero-order valence-corrected chi connectivity index (χ0v) is 6.62. The molecule has 0 aromatic rings. The second-order valence-corrected chi connectivity index (χ2v) is 1.54. The van der Waals surface area contributed by atoms with Crippen LogP contribution >= 0.6 is 12.4 Å². The van der Waals surface area contributed by atoms with Crippen LogP contribution in [0.5, 0.6) is 0 Å². The summed E-state index contributed by atoms with van der Waals surface area (Å²) in [5.74, 6) is -0.258. The predicted molar refractivity (Wildman–Crippen MR) is 37.5 cm³/mol. The molecule has 0 aliphatic heterocycles. The fourth-order valence-corrected chi connectivity index (χ4v) is 0.308. The van der Waals surface area contributed by atoms with Gasteiger partial charge in [-0.15, -0.1) is 12.4 Å². The van der Waals surface area contributed by atoms with Gasteiger partial charge in [0.25, 0.3) is 0 Å². The maximum atomic E-state index is 10.2. The van der Waals surface area contributed by atoms with Gasteiger partial charge in [-0.25, -0.2) is 0 Å². The Kier molecular flexibility index (Phi) is 7.48. The van der Waals surface area contributed by atoms with Crippen LogP contribution in [0.2, 0.25) is 0 Å². The van der Waals surface area contributed by atoms with Crippen LogP contribution < -0.4 is 5.32 Å². The first-order valence-electron chi connectivity index (χ1n) is 2.51. The second-order valence-electron chi connectivity index (χ2n) is 1.54. The van der Waals surface area contributed by atoms with Gasteiger partial charge in [0.15, 0.2) is 0 Å². The Morgan fingerprint density at radius 1 is 1.67 bits per heavy atom. The fourth-order valence-electron chi connectivity index (χ4n) is 0.308. The molecule has 3 nitrogen and oxygen atoms in total. The number of halogens is 1. The SMILES string of the molecule is CNC(C)OC(C)=O.Cl. The Morgan fingerprint density at radius 3 is 2.22 bits per heavy atom. The van der Waals surface area contributed by atoms with E-state index < -0.39 is 0 Å². The fraction of sp³-hybridized carbons (Fsp3) is 0.800. The molecule has 0 aliphatic rings. The summed E-state index contributed by atoms with van der Waals surface area (Å²) < 4.78 is 4.65. The van der Waals surface area contributed by atoms with Crippen LogP contribution in [0.1, 0.15) is 13.8 Å². The summed E-state index contributed by atoms with van der Waals surface area (Å²) in [4.78, 5) is 10.2. The van der Waals surface area contributed by atoms with E-state index in [-0.39, 0.29) is 24.6 Å². The number of carbonyl (C=O) groups excluding carboxylic acids is 1. The molecule has 1 N–H and O–H groups in total. The van der Waals surface area contributed by atoms with Crippen molar-refractivity contribution in [2.75, 3.05) is 7.05 Å². The van der Waals surface area contributed by atoms with Crippen LogP contribution in [0.25, 0.3) is 0 Å². The maximum Gasteiger partial charge on any atom is 0.304 e. The highest BCUT2D eigenvalue weighted by molar-refractivity contribution is 5.85. The molecular weight excluding hydrogens is 142 g/mol. The van der Waals surface area contributed by atoms with Crippen LogP contribution in [-0.2, 0) is 9.53 Å². The van der Waals surface area contributed by atoms with E-state index >= 15 is 0 Å². The lowest BCUT2D eigenvalue weighted by Gasteiger charge is -2.08. The second kappa shape index (κ2) is 5.85. The van der Waals surface area contributed by atoms with Crippen molar-refractivity contribution in [1.82, 2.24) is 5.32 Å². The van der Waals surface area contributed by atoms with Gasteiger partial charge in [0, 0.05) is 6.92 Å². The van der Waals surface area contributed by atoms with Crippen molar-refractivity contribution in [2.24, 2.45) is 0 Å². The predicted octanol–water partition coefficient (Wildman–Crippen LogP) is 0.537. The molecule has 9 heavy (non-hydrogen) atoms. The van der Waals surface area contributed by atoms with Crippen molar-refractivity contribution in [3.8, 4) is 0 Å². The summed E-state index contributed by atoms with van der Waals surface area (Å²) >= 11 is 0. The van der Waals surface area contributed by atoms with Gasteiger partial charge in [0.05, 0.1) is 0 Å². The minimum atomic E-state index is -0.258. The van der Waals surface area contributed by atoms with Gasteiger partial charge in [-0.1, -0.05) is 0 Å². The van der Waals surface area contributed by atoms with E-state index in [1.807, 2.05) is 0 Å². The van der Waals surface area contributed by atoms with Crippen LogP contribution in [-0.4, -0.2) is 19.2 Å². The van der Waals surface area contributed by atoms with Gasteiger partial charge >= 0.3 is 5.97 Å². The topological polar surface area (TPSA) is 38.3 Å². The molecule has 1 atom stereocenters. The molecule has 0 spiro atoms. The summed E-state index contributed by atoms with van der Waals surface area (Å²) in [6, 6.07) is 0. The lowest BCUT2D eigenvalue weighted by atomic mass is 10.6. The van der Waals surface area contributed by atoms with E-state index in [1.165, 1.54) is 6.92 Å². The average molecular weight is 154 g/mol. The lowest BCUT2D eigenvalue weighted by Crippen LogP contribution is -2.26. The van der Waals surface area contributed by atoms with Gasteiger partial charge in [0.2, 0.25) is 0 Å². The number of carbonyl (C=O) groups is 1. The standard InChI is InChI=1S/C5H11NO2.ClH/c1-4(6-3)8-5(2)7;/h4,6H,1-3H3;1H. The van der Waals surface area contributed by atoms with E-state index in [1.54, 1.807) is 14.0 Å². The largest absolute Gasteiger partial charge is 0.447 e. The normalized spacial score (nSPS) is 11.4. The van der Waals surface area contributed by atoms with Crippen LogP contribution in [0.4, 0.5) is 0 Å². The molecule has 0 fully saturated rings. The van der Waals surface area contributed by atoms with Crippen molar-refractivity contribution in [2.45, 2.75) is 20.1 Å². The van der Waals surface area contributed by atoms with Gasteiger partial charge in [-0.05, 0) is 14.0 Å². The van der Waals surface area contributed by atoms with E-state index in [0.717, 1.165) is 0 Å². The van der Waals surface area contributed by atoms with E-state index in [0.29, 0.717) is 0 Å². The quantitative estimate of drug-likeness (QED) is 0.465. The zero-order chi connectivity index (χ0) is 6.57. The Labute approximate surface area is 61.2 Å². The summed E-state index contributed by atoms with van der Waals surface area (Å²) in [6.45, 7) is 3.15. The van der Waals surface area contributed by atoms with E-state index in [2.05, 4.69) is 10.1 Å². The highest BCUT2D eigenvalue weighted by Gasteiger charge is 1.97. The molecule has 0 saturated carbocycles. The zero-order valence-electron chi connectivity index (χ0n) is 5.80. The molecule has 0 radical (unpaired) electrons. The summed E-state index contributed by atoms with van der Waals surface area (Å²) in [7, 11) is 1.73. The minimum absolute atomic E-state index is 0. The van der Waals surface area contributed by atoms with Crippen molar-refractivity contribution in [1.29, 1.82) is 0 Å². The molecule has 0 rings (SSSR count). The smallest absolute Gasteiger partial charge is 0.304 e. The minimum Gasteiger partial charge on any atom is -0.447 e. The van der Waals surface area contributed by atoms with Crippen molar-refractivity contribution in [3.05, 3.63) is 0 Å². The summed E-state index contributed by atoms with van der Waals surface area (Å²) in [6.07, 6.45) is -0.174. The van der Waals surface area contributed by atoms with Crippen LogP contribution in [0.15, 0.2) is 0 Å². The number of nitrogens with one attached hydrogen (secondary N) is 1. The monoisotopic (exact) mass is 153 g/mol. The van der Waals surface area contributed by atoms with Crippen molar-refractivity contribution >= 4 is 18.4 Å². The lowest BCUT2D eigenvalue weighted by molar-refractivity contribution is -0.146. The van der Waals surface area contributed by atoms with Crippen LogP contribution in [0, 0.1) is 0 Å². The molecule has 1 unspecified atom stereocenters. The van der Waals surface area contributed by atoms with Gasteiger partial charge in [-0.3, -0.25) is 10.1 Å². The first kappa shape index (κ1) is 11.5. The third kappa shape index (κ3) is 7.72. The summed E-state index contributed by atoms with van der Waals surface area (Å²) in [5.41, 5.74) is 0. The molecule has 0 bridgehead atoms. The molecule has 0 aliphatic carbocycles. The van der Waals surface area contributed by atoms with Crippen molar-refractivity contribution in [3.63, 3.8) is 0 Å². The number of hydrogen-bond acceptors (Lipinski definition) is 3. The molecule has 0 heterocycles. The Hall–Kier alpha value is -0.280. The first-order chi connectivity index (χ1) is 3.66. The highest BCUT2D eigenvalue weighted by atomic mass is 35.5. The van der Waals surface area contributed by atoms with Crippen molar-refractivity contribution < 1.29 is 9.53 Å². The van der Waals surface area contributed by atoms with E-state index in [4.69, 9.17) is 0 Å². The third-order valence-corrected chi connectivity index (χ3v) is 0.749. The van der Waals surface area contributed by atoms with E-state index in [9.17, 15) is 4.79 Å². The van der Waals surface area contributed by atoms with Gasteiger partial charge < -0.3 is 4.74 Å². The van der Waals surface area contributed by atoms with Gasteiger partial charge in [-0.2, -0.15) is 0 Å². The number of esters is 1. The number of ether oxygens (including phenoxy) is 1. The molecule has 0 aromatic carbocycles. The molecule has 56 valence electrons. The summed E-state index contributed by atoms with van der Waals surface area (Å²) in [5, 5.41) is 2.75. The highest BCUT2D eigenvalue weighted by Crippen LogP contribution is 1.82. The first-order valence-corrected chi connectivity index (χ1v) is 2.51. The number of hydrogen-bond donors (Lipinski definition) is 1. The van der Waals surface area contributed by atoms with Gasteiger partial charge in [0.1, 0.15) is 6.23 Å². The third-order valence-electron chi connectivity index (χ3n) is 0.749. The molecule has 0 saturated heterocycles. The average Bonchev–Trinajstić information content (AvgIpc) is 1.65. The maximum absolute atomic E-state index is 10.2.